The number of amides is 1. The van der Waals surface area contributed by atoms with Gasteiger partial charge in [0.2, 0.25) is 0 Å². The predicted molar refractivity (Wildman–Crippen MR) is 131 cm³/mol. The number of methoxy groups -OCH3 is 1. The molecular formula is C24H28N2O4S2. The van der Waals surface area contributed by atoms with Crippen molar-refractivity contribution in [1.82, 2.24) is 0 Å². The molecule has 1 amide bonds. The van der Waals surface area contributed by atoms with Crippen LogP contribution in [0, 0.1) is 0 Å². The highest BCUT2D eigenvalue weighted by molar-refractivity contribution is 8.16. The van der Waals surface area contributed by atoms with Gasteiger partial charge in [-0.15, -0.1) is 0 Å². The first kappa shape index (κ1) is 22.9. The van der Waals surface area contributed by atoms with Gasteiger partial charge in [0, 0.05) is 10.9 Å². The van der Waals surface area contributed by atoms with Crippen molar-refractivity contribution in [1.29, 1.82) is 0 Å². The molecule has 0 radical (unpaired) electrons. The Morgan fingerprint density at radius 3 is 2.34 bits per heavy atom. The minimum Gasteiger partial charge on any atom is -0.497 e. The van der Waals surface area contributed by atoms with E-state index in [1.54, 1.807) is 7.11 Å². The quantitative estimate of drug-likeness (QED) is 0.639. The summed E-state index contributed by atoms with van der Waals surface area (Å²) in [7, 11) is -1.50. The maximum Gasteiger partial charge on any atom is 0.252 e. The van der Waals surface area contributed by atoms with E-state index >= 15 is 0 Å². The molecule has 2 heterocycles. The minimum absolute atomic E-state index is 0.0948. The Bertz CT molecular complexity index is 1120. The standard InChI is InChI=1S/C24H28N2O4S2/c1-4-17-7-6-8-18(5-2)23(17)26-20-14-32(28,29)15-21(20)31-24(26)25-22(27)13-16-9-11-19(30-3)12-10-16/h6-12,20-21H,4-5,13-15H2,1-3H3/t20-,21-/m0/s1. The summed E-state index contributed by atoms with van der Waals surface area (Å²) in [4.78, 5) is 19.4. The lowest BCUT2D eigenvalue weighted by atomic mass is 10.0. The van der Waals surface area contributed by atoms with Gasteiger partial charge in [-0.25, -0.2) is 8.42 Å². The van der Waals surface area contributed by atoms with E-state index in [2.05, 4.69) is 31.0 Å². The lowest BCUT2D eigenvalue weighted by Gasteiger charge is -2.29. The first-order chi connectivity index (χ1) is 15.3. The molecule has 2 aromatic rings. The number of thioether (sulfide) groups is 1. The molecule has 0 N–H and O–H groups in total. The third kappa shape index (κ3) is 4.57. The smallest absolute Gasteiger partial charge is 0.252 e. The summed E-state index contributed by atoms with van der Waals surface area (Å²) < 4.78 is 30.0. The zero-order valence-corrected chi connectivity index (χ0v) is 20.2. The highest BCUT2D eigenvalue weighted by Gasteiger charge is 2.50. The molecule has 8 heteroatoms. The second-order valence-corrected chi connectivity index (χ2v) is 11.5. The Hall–Kier alpha value is -2.32. The number of carbonyl (C=O) groups excluding carboxylic acids is 1. The molecule has 0 bridgehead atoms. The maximum absolute atomic E-state index is 12.9. The van der Waals surface area contributed by atoms with Crippen molar-refractivity contribution in [3.8, 4) is 5.75 Å². The number of para-hydroxylation sites is 1. The Kier molecular flexibility index (Phi) is 6.62. The Morgan fingerprint density at radius 1 is 1.09 bits per heavy atom. The molecule has 2 saturated heterocycles. The molecule has 0 aliphatic carbocycles. The van der Waals surface area contributed by atoms with Crippen LogP contribution in [0.5, 0.6) is 5.75 Å². The number of sulfone groups is 1. The van der Waals surface area contributed by atoms with Crippen molar-refractivity contribution in [2.45, 2.75) is 44.4 Å². The summed E-state index contributed by atoms with van der Waals surface area (Å²) in [6.45, 7) is 4.19. The second kappa shape index (κ2) is 9.27. The van der Waals surface area contributed by atoms with Gasteiger partial charge >= 0.3 is 0 Å². The summed E-state index contributed by atoms with van der Waals surface area (Å²) in [6, 6.07) is 13.4. The molecule has 2 aliphatic rings. The van der Waals surface area contributed by atoms with Gasteiger partial charge in [-0.1, -0.05) is 55.9 Å². The molecule has 0 spiro atoms. The first-order valence-electron chi connectivity index (χ1n) is 10.9. The highest BCUT2D eigenvalue weighted by atomic mass is 32.2. The first-order valence-corrected chi connectivity index (χ1v) is 13.6. The summed E-state index contributed by atoms with van der Waals surface area (Å²) in [6.07, 6.45) is 1.83. The minimum atomic E-state index is -3.11. The molecule has 170 valence electrons. The van der Waals surface area contributed by atoms with Crippen LogP contribution in [0.3, 0.4) is 0 Å². The Balaban J connectivity index is 1.70. The number of anilines is 1. The largest absolute Gasteiger partial charge is 0.497 e. The monoisotopic (exact) mass is 472 g/mol. The van der Waals surface area contributed by atoms with Crippen LogP contribution in [0.25, 0.3) is 0 Å². The number of fused-ring (bicyclic) bond motifs is 1. The number of benzene rings is 2. The van der Waals surface area contributed by atoms with Gasteiger partial charge in [-0.3, -0.25) is 4.79 Å². The number of amidine groups is 1. The average molecular weight is 473 g/mol. The van der Waals surface area contributed by atoms with Crippen LogP contribution in [0.15, 0.2) is 47.5 Å². The van der Waals surface area contributed by atoms with E-state index in [4.69, 9.17) is 4.74 Å². The molecule has 0 unspecified atom stereocenters. The van der Waals surface area contributed by atoms with Crippen LogP contribution >= 0.6 is 11.8 Å². The van der Waals surface area contributed by atoms with Gasteiger partial charge < -0.3 is 9.64 Å². The number of rotatable bonds is 6. The van der Waals surface area contributed by atoms with Crippen molar-refractivity contribution in [3.63, 3.8) is 0 Å². The lowest BCUT2D eigenvalue weighted by Crippen LogP contribution is -2.39. The van der Waals surface area contributed by atoms with Gasteiger partial charge in [0.15, 0.2) is 15.0 Å². The third-order valence-corrected chi connectivity index (χ3v) is 9.22. The van der Waals surface area contributed by atoms with E-state index in [-0.39, 0.29) is 35.1 Å². The van der Waals surface area contributed by atoms with E-state index < -0.39 is 9.84 Å². The van der Waals surface area contributed by atoms with Gasteiger partial charge in [0.1, 0.15) is 5.75 Å². The van der Waals surface area contributed by atoms with Crippen LogP contribution < -0.4 is 9.64 Å². The molecule has 0 aromatic heterocycles. The van der Waals surface area contributed by atoms with E-state index in [1.807, 2.05) is 35.2 Å². The predicted octanol–water partition coefficient (Wildman–Crippen LogP) is 3.66. The number of nitrogens with zero attached hydrogens (tertiary/aromatic N) is 2. The number of carbonyl (C=O) groups is 1. The molecule has 2 atom stereocenters. The van der Waals surface area contributed by atoms with Crippen LogP contribution in [0.4, 0.5) is 5.69 Å². The molecule has 2 aromatic carbocycles. The molecule has 2 fully saturated rings. The van der Waals surface area contributed by atoms with E-state index in [9.17, 15) is 13.2 Å². The highest BCUT2D eigenvalue weighted by Crippen LogP contribution is 2.43. The normalized spacial score (nSPS) is 22.8. The number of hydrogen-bond donors (Lipinski definition) is 0. The number of ether oxygens (including phenoxy) is 1. The SMILES string of the molecule is CCc1cccc(CC)c1N1C(=NC(=O)Cc2ccc(OC)cc2)S[C@H]2CS(=O)(=O)C[C@@H]21. The maximum atomic E-state index is 12.9. The topological polar surface area (TPSA) is 76.0 Å². The average Bonchev–Trinajstić information content (AvgIpc) is 3.24. The van der Waals surface area contributed by atoms with Crippen LogP contribution in [-0.4, -0.2) is 49.4 Å². The molecule has 2 aliphatic heterocycles. The molecule has 0 saturated carbocycles. The molecule has 4 rings (SSSR count). The fourth-order valence-corrected chi connectivity index (χ4v) is 8.33. The van der Waals surface area contributed by atoms with Gasteiger partial charge in [0.05, 0.1) is 31.1 Å². The second-order valence-electron chi connectivity index (χ2n) is 8.12. The van der Waals surface area contributed by atoms with Gasteiger partial charge in [0.25, 0.3) is 5.91 Å². The summed E-state index contributed by atoms with van der Waals surface area (Å²) in [5.41, 5.74) is 4.17. The fraction of sp³-hybridized carbons (Fsp3) is 0.417. The van der Waals surface area contributed by atoms with Crippen LogP contribution in [-0.2, 0) is 33.9 Å². The Morgan fingerprint density at radius 2 is 1.75 bits per heavy atom. The number of aliphatic imine (C=N–C) groups is 1. The molecule has 6 nitrogen and oxygen atoms in total. The number of hydrogen-bond acceptors (Lipinski definition) is 5. The summed E-state index contributed by atoms with van der Waals surface area (Å²) in [5, 5.41) is 0.506. The zero-order valence-electron chi connectivity index (χ0n) is 18.6. The van der Waals surface area contributed by atoms with E-state index in [0.717, 1.165) is 41.0 Å². The van der Waals surface area contributed by atoms with Crippen molar-refractivity contribution in [2.24, 2.45) is 4.99 Å². The molecular weight excluding hydrogens is 444 g/mol. The van der Waals surface area contributed by atoms with Crippen LogP contribution in [0.2, 0.25) is 0 Å². The lowest BCUT2D eigenvalue weighted by molar-refractivity contribution is -0.117. The van der Waals surface area contributed by atoms with Crippen molar-refractivity contribution in [2.75, 3.05) is 23.5 Å². The van der Waals surface area contributed by atoms with Gasteiger partial charge in [-0.2, -0.15) is 4.99 Å². The summed E-state index contributed by atoms with van der Waals surface area (Å²) in [5.74, 6) is 0.720. The fourth-order valence-electron chi connectivity index (χ4n) is 4.41. The third-order valence-electron chi connectivity index (χ3n) is 6.01. The van der Waals surface area contributed by atoms with E-state index in [1.165, 1.54) is 11.8 Å². The van der Waals surface area contributed by atoms with Crippen molar-refractivity contribution < 1.29 is 17.9 Å². The van der Waals surface area contributed by atoms with Crippen molar-refractivity contribution >= 4 is 38.4 Å². The Labute approximate surface area is 194 Å². The van der Waals surface area contributed by atoms with Crippen molar-refractivity contribution in [3.05, 3.63) is 59.2 Å². The molecule has 32 heavy (non-hydrogen) atoms. The van der Waals surface area contributed by atoms with E-state index in [0.29, 0.717) is 5.17 Å². The summed E-state index contributed by atoms with van der Waals surface area (Å²) >= 11 is 1.43. The van der Waals surface area contributed by atoms with Crippen LogP contribution in [0.1, 0.15) is 30.5 Å². The number of aryl methyl sites for hydroxylation is 2. The van der Waals surface area contributed by atoms with Gasteiger partial charge in [-0.05, 0) is 41.7 Å². The zero-order chi connectivity index (χ0) is 22.9.